The summed E-state index contributed by atoms with van der Waals surface area (Å²) >= 11 is 0. The summed E-state index contributed by atoms with van der Waals surface area (Å²) in [5.74, 6) is 1.45. The molecule has 0 amide bonds. The molecule has 1 aliphatic rings. The smallest absolute Gasteiger partial charge is 0.243 e. The van der Waals surface area contributed by atoms with Crippen LogP contribution in [0.25, 0.3) is 0 Å². The quantitative estimate of drug-likeness (QED) is 0.798. The highest BCUT2D eigenvalue weighted by Gasteiger charge is 2.25. The molecule has 0 bridgehead atoms. The summed E-state index contributed by atoms with van der Waals surface area (Å²) in [6, 6.07) is 0.864. The molecule has 1 atom stereocenters. The normalized spacial score (nSPS) is 21.0. The molecule has 1 aromatic heterocycles. The van der Waals surface area contributed by atoms with E-state index >= 15 is 0 Å². The zero-order valence-electron chi connectivity index (χ0n) is 11.2. The SMILES string of the molecule is Cc1noc([C@H](C)N2CCN(C(C)C)CC2)n1. The zero-order valence-corrected chi connectivity index (χ0v) is 11.2. The minimum atomic E-state index is 0.227. The first-order chi connectivity index (χ1) is 8.08. The maximum absolute atomic E-state index is 5.24. The Labute approximate surface area is 103 Å². The van der Waals surface area contributed by atoms with Crippen molar-refractivity contribution in [3.05, 3.63) is 11.7 Å². The zero-order chi connectivity index (χ0) is 12.4. The predicted molar refractivity (Wildman–Crippen MR) is 65.7 cm³/mol. The molecule has 96 valence electrons. The van der Waals surface area contributed by atoms with Crippen molar-refractivity contribution < 1.29 is 4.52 Å². The molecule has 0 N–H and O–H groups in total. The Hall–Kier alpha value is -0.940. The molecule has 2 rings (SSSR count). The average molecular weight is 238 g/mol. The van der Waals surface area contributed by atoms with Gasteiger partial charge in [0.1, 0.15) is 0 Å². The Bertz CT molecular complexity index is 355. The lowest BCUT2D eigenvalue weighted by atomic mass is 10.2. The Kier molecular flexibility index (Phi) is 3.79. The third-order valence-electron chi connectivity index (χ3n) is 3.53. The van der Waals surface area contributed by atoms with Crippen LogP contribution in [0.15, 0.2) is 4.52 Å². The van der Waals surface area contributed by atoms with Crippen molar-refractivity contribution in [2.75, 3.05) is 26.2 Å². The van der Waals surface area contributed by atoms with Crippen molar-refractivity contribution in [2.45, 2.75) is 39.8 Å². The van der Waals surface area contributed by atoms with Gasteiger partial charge in [0.15, 0.2) is 5.82 Å². The lowest BCUT2D eigenvalue weighted by molar-refractivity contribution is 0.0722. The van der Waals surface area contributed by atoms with Gasteiger partial charge >= 0.3 is 0 Å². The predicted octanol–water partition coefficient (Wildman–Crippen LogP) is 1.47. The first kappa shape index (κ1) is 12.5. The van der Waals surface area contributed by atoms with E-state index in [1.54, 1.807) is 0 Å². The molecule has 5 nitrogen and oxygen atoms in total. The van der Waals surface area contributed by atoms with Crippen LogP contribution >= 0.6 is 0 Å². The van der Waals surface area contributed by atoms with E-state index in [1.807, 2.05) is 6.92 Å². The monoisotopic (exact) mass is 238 g/mol. The molecule has 1 aromatic rings. The largest absolute Gasteiger partial charge is 0.338 e. The molecule has 5 heteroatoms. The Morgan fingerprint density at radius 1 is 1.06 bits per heavy atom. The van der Waals surface area contributed by atoms with E-state index in [4.69, 9.17) is 4.52 Å². The van der Waals surface area contributed by atoms with Gasteiger partial charge in [0.2, 0.25) is 5.89 Å². The summed E-state index contributed by atoms with van der Waals surface area (Å²) in [5.41, 5.74) is 0. The van der Waals surface area contributed by atoms with E-state index in [-0.39, 0.29) is 6.04 Å². The topological polar surface area (TPSA) is 45.4 Å². The highest BCUT2D eigenvalue weighted by molar-refractivity contribution is 4.92. The average Bonchev–Trinajstić information content (AvgIpc) is 2.75. The van der Waals surface area contributed by atoms with E-state index < -0.39 is 0 Å². The summed E-state index contributed by atoms with van der Waals surface area (Å²) in [7, 11) is 0. The molecule has 2 heterocycles. The third-order valence-corrected chi connectivity index (χ3v) is 3.53. The van der Waals surface area contributed by atoms with Crippen molar-refractivity contribution in [1.29, 1.82) is 0 Å². The number of aromatic nitrogens is 2. The first-order valence-electron chi connectivity index (χ1n) is 6.36. The van der Waals surface area contributed by atoms with Crippen LogP contribution in [0, 0.1) is 6.92 Å². The lowest BCUT2D eigenvalue weighted by Gasteiger charge is -2.38. The number of aryl methyl sites for hydroxylation is 1. The van der Waals surface area contributed by atoms with E-state index in [0.717, 1.165) is 32.1 Å². The van der Waals surface area contributed by atoms with E-state index in [0.29, 0.717) is 11.9 Å². The number of hydrogen-bond donors (Lipinski definition) is 0. The summed E-state index contributed by atoms with van der Waals surface area (Å²) < 4.78 is 5.24. The number of nitrogens with zero attached hydrogens (tertiary/aromatic N) is 4. The summed E-state index contributed by atoms with van der Waals surface area (Å²) in [5, 5.41) is 3.85. The number of rotatable bonds is 3. The molecule has 0 aromatic carbocycles. The molecular formula is C12H22N4O. The van der Waals surface area contributed by atoms with Crippen molar-refractivity contribution in [3.63, 3.8) is 0 Å². The molecule has 1 saturated heterocycles. The fraction of sp³-hybridized carbons (Fsp3) is 0.833. The van der Waals surface area contributed by atoms with E-state index in [2.05, 4.69) is 40.7 Å². The highest BCUT2D eigenvalue weighted by Crippen LogP contribution is 2.20. The minimum absolute atomic E-state index is 0.227. The van der Waals surface area contributed by atoms with Crippen molar-refractivity contribution in [3.8, 4) is 0 Å². The fourth-order valence-corrected chi connectivity index (χ4v) is 2.28. The standard InChI is InChI=1S/C12H22N4O/c1-9(2)15-5-7-16(8-6-15)10(3)12-13-11(4)14-17-12/h9-10H,5-8H2,1-4H3/t10-/m0/s1. The molecule has 17 heavy (non-hydrogen) atoms. The maximum atomic E-state index is 5.24. The number of piperazine rings is 1. The summed E-state index contributed by atoms with van der Waals surface area (Å²) in [6.45, 7) is 12.9. The van der Waals surface area contributed by atoms with Crippen LogP contribution in [-0.2, 0) is 0 Å². The van der Waals surface area contributed by atoms with Crippen LogP contribution in [0.2, 0.25) is 0 Å². The van der Waals surface area contributed by atoms with Crippen LogP contribution in [0.1, 0.15) is 38.5 Å². The first-order valence-corrected chi connectivity index (χ1v) is 6.36. The molecule has 1 aliphatic heterocycles. The second-order valence-corrected chi connectivity index (χ2v) is 5.02. The van der Waals surface area contributed by atoms with Crippen molar-refractivity contribution in [1.82, 2.24) is 19.9 Å². The fourth-order valence-electron chi connectivity index (χ4n) is 2.28. The Morgan fingerprint density at radius 3 is 2.12 bits per heavy atom. The van der Waals surface area contributed by atoms with Gasteiger partial charge in [-0.25, -0.2) is 0 Å². The van der Waals surface area contributed by atoms with Crippen molar-refractivity contribution >= 4 is 0 Å². The van der Waals surface area contributed by atoms with Gasteiger partial charge in [0.25, 0.3) is 0 Å². The van der Waals surface area contributed by atoms with Crippen LogP contribution in [-0.4, -0.2) is 52.2 Å². The van der Waals surface area contributed by atoms with E-state index in [9.17, 15) is 0 Å². The van der Waals surface area contributed by atoms with Gasteiger partial charge in [-0.3, -0.25) is 9.80 Å². The minimum Gasteiger partial charge on any atom is -0.338 e. The Balaban J connectivity index is 1.92. The van der Waals surface area contributed by atoms with Gasteiger partial charge in [-0.15, -0.1) is 0 Å². The van der Waals surface area contributed by atoms with Gasteiger partial charge in [-0.05, 0) is 27.7 Å². The molecule has 0 saturated carbocycles. The molecule has 1 fully saturated rings. The van der Waals surface area contributed by atoms with Crippen molar-refractivity contribution in [2.24, 2.45) is 0 Å². The molecule has 0 aliphatic carbocycles. The lowest BCUT2D eigenvalue weighted by Crippen LogP contribution is -2.49. The van der Waals surface area contributed by atoms with Gasteiger partial charge < -0.3 is 4.52 Å². The molecule has 0 unspecified atom stereocenters. The van der Waals surface area contributed by atoms with Gasteiger partial charge in [-0.2, -0.15) is 4.98 Å². The molecule has 0 radical (unpaired) electrons. The molecule has 0 spiro atoms. The third kappa shape index (κ3) is 2.84. The van der Waals surface area contributed by atoms with Gasteiger partial charge in [0.05, 0.1) is 6.04 Å². The Morgan fingerprint density at radius 2 is 1.65 bits per heavy atom. The number of hydrogen-bond acceptors (Lipinski definition) is 5. The van der Waals surface area contributed by atoms with Crippen LogP contribution in [0.3, 0.4) is 0 Å². The van der Waals surface area contributed by atoms with E-state index in [1.165, 1.54) is 0 Å². The van der Waals surface area contributed by atoms with Gasteiger partial charge in [-0.1, -0.05) is 5.16 Å². The highest BCUT2D eigenvalue weighted by atomic mass is 16.5. The summed E-state index contributed by atoms with van der Waals surface area (Å²) in [4.78, 5) is 9.22. The van der Waals surface area contributed by atoms with Crippen LogP contribution < -0.4 is 0 Å². The van der Waals surface area contributed by atoms with Crippen LogP contribution in [0.4, 0.5) is 0 Å². The summed E-state index contributed by atoms with van der Waals surface area (Å²) in [6.07, 6.45) is 0. The maximum Gasteiger partial charge on any atom is 0.243 e. The molecular weight excluding hydrogens is 216 g/mol. The van der Waals surface area contributed by atoms with Crippen LogP contribution in [0.5, 0.6) is 0 Å². The second-order valence-electron chi connectivity index (χ2n) is 5.02. The van der Waals surface area contributed by atoms with Gasteiger partial charge in [0, 0.05) is 32.2 Å². The second kappa shape index (κ2) is 5.14.